The monoisotopic (exact) mass is 589 g/mol. The molecule has 1 amide bonds. The molecule has 4 heterocycles. The Hall–Kier alpha value is -3.07. The van der Waals surface area contributed by atoms with E-state index in [0.29, 0.717) is 40.4 Å². The van der Waals surface area contributed by atoms with Gasteiger partial charge in [0, 0.05) is 37.2 Å². The number of para-hydroxylation sites is 1. The summed E-state index contributed by atoms with van der Waals surface area (Å²) in [5.41, 5.74) is 3.34. The van der Waals surface area contributed by atoms with E-state index in [4.69, 9.17) is 49.0 Å². The molecule has 1 aromatic heterocycles. The molecule has 8 nitrogen and oxygen atoms in total. The number of likely N-dealkylation sites (N-methyl/N-ethyl adjacent to an activating group) is 1. The molecule has 0 saturated carbocycles. The van der Waals surface area contributed by atoms with Crippen molar-refractivity contribution in [3.05, 3.63) is 58.8 Å². The SMILES string of the molecule is COc1c([C@@]23C=CC(=O)n4c2c(c2cccc(OC)c24)CCN3C(=O)C(Cl)(Cl)Cl)cc2c(c1OC)N(C)CC2. The van der Waals surface area contributed by atoms with Crippen molar-refractivity contribution in [2.24, 2.45) is 0 Å². The molecule has 1 atom stereocenters. The molecule has 39 heavy (non-hydrogen) atoms. The van der Waals surface area contributed by atoms with Gasteiger partial charge in [-0.15, -0.1) is 0 Å². The maximum atomic E-state index is 13.9. The lowest BCUT2D eigenvalue weighted by Gasteiger charge is -2.49. The first-order chi connectivity index (χ1) is 18.6. The summed E-state index contributed by atoms with van der Waals surface area (Å²) < 4.78 is 17.0. The van der Waals surface area contributed by atoms with Crippen LogP contribution in [0.5, 0.6) is 17.2 Å². The number of benzene rings is 2. The minimum atomic E-state index is -2.23. The van der Waals surface area contributed by atoms with Gasteiger partial charge in [-0.2, -0.15) is 0 Å². The minimum absolute atomic E-state index is 0.233. The summed E-state index contributed by atoms with van der Waals surface area (Å²) in [7, 11) is 6.70. The number of carbonyl (C=O) groups is 2. The molecule has 11 heteroatoms. The number of amides is 1. The molecule has 3 aliphatic rings. The second-order valence-corrected chi connectivity index (χ2v) is 12.1. The highest BCUT2D eigenvalue weighted by Crippen LogP contribution is 2.56. The van der Waals surface area contributed by atoms with Gasteiger partial charge in [0.2, 0.25) is 0 Å². The number of nitrogens with zero attached hydrogens (tertiary/aromatic N) is 3. The van der Waals surface area contributed by atoms with Gasteiger partial charge in [0.1, 0.15) is 11.3 Å². The maximum Gasteiger partial charge on any atom is 0.276 e. The van der Waals surface area contributed by atoms with E-state index in [1.165, 1.54) is 11.0 Å². The van der Waals surface area contributed by atoms with Crippen LogP contribution in [0.2, 0.25) is 0 Å². The molecule has 6 rings (SSSR count). The third-order valence-electron chi connectivity index (χ3n) is 8.03. The summed E-state index contributed by atoms with van der Waals surface area (Å²) >= 11 is 18.7. The van der Waals surface area contributed by atoms with Gasteiger partial charge < -0.3 is 24.0 Å². The van der Waals surface area contributed by atoms with E-state index in [9.17, 15) is 9.59 Å². The van der Waals surface area contributed by atoms with Crippen LogP contribution in [-0.4, -0.2) is 66.5 Å². The second-order valence-electron chi connectivity index (χ2n) is 9.83. The van der Waals surface area contributed by atoms with Crippen molar-refractivity contribution in [3.63, 3.8) is 0 Å². The van der Waals surface area contributed by atoms with Gasteiger partial charge in [-0.1, -0.05) is 46.9 Å². The molecule has 0 saturated heterocycles. The van der Waals surface area contributed by atoms with Crippen LogP contribution in [-0.2, 0) is 23.2 Å². The number of alkyl halides is 3. The lowest BCUT2D eigenvalue weighted by atomic mass is 9.76. The number of hydrogen-bond acceptors (Lipinski definition) is 6. The van der Waals surface area contributed by atoms with E-state index < -0.39 is 15.2 Å². The van der Waals surface area contributed by atoms with Crippen molar-refractivity contribution in [1.29, 1.82) is 0 Å². The molecule has 0 fully saturated rings. The number of halogens is 3. The van der Waals surface area contributed by atoms with Crippen LogP contribution in [0.15, 0.2) is 36.4 Å². The van der Waals surface area contributed by atoms with Crippen LogP contribution in [0.1, 0.15) is 27.2 Å². The average Bonchev–Trinajstić information content (AvgIpc) is 3.47. The lowest BCUT2D eigenvalue weighted by Crippen LogP contribution is -2.58. The smallest absolute Gasteiger partial charge is 0.276 e. The average molecular weight is 591 g/mol. The number of rotatable bonds is 4. The van der Waals surface area contributed by atoms with E-state index in [1.807, 2.05) is 31.3 Å². The Morgan fingerprint density at radius 1 is 1.03 bits per heavy atom. The summed E-state index contributed by atoms with van der Waals surface area (Å²) in [6.07, 6.45) is 4.38. The molecule has 3 aromatic rings. The third kappa shape index (κ3) is 3.44. The van der Waals surface area contributed by atoms with Gasteiger partial charge in [-0.25, -0.2) is 0 Å². The summed E-state index contributed by atoms with van der Waals surface area (Å²) in [6.45, 7) is 1.02. The Morgan fingerprint density at radius 3 is 2.44 bits per heavy atom. The molecule has 0 spiro atoms. The highest BCUT2D eigenvalue weighted by atomic mass is 35.6. The molecule has 0 unspecified atom stereocenters. The fourth-order valence-corrected chi connectivity index (χ4v) is 6.82. The Kier molecular flexibility index (Phi) is 6.02. The Labute approximate surface area is 240 Å². The van der Waals surface area contributed by atoms with Crippen molar-refractivity contribution in [2.45, 2.75) is 22.2 Å². The van der Waals surface area contributed by atoms with Crippen LogP contribution < -0.4 is 19.1 Å². The second kappa shape index (κ2) is 8.98. The summed E-state index contributed by atoms with van der Waals surface area (Å²) in [4.78, 5) is 31.1. The number of allylic oxidation sites excluding steroid dienone is 1. The van der Waals surface area contributed by atoms with E-state index >= 15 is 0 Å². The summed E-state index contributed by atoms with van der Waals surface area (Å²) in [5, 5.41) is 0.860. The standard InChI is InChI=1S/C28H26Cl3N3O5/c1-32-12-9-15-14-18(23(38-3)24(39-4)21(15)32)27-11-8-20(35)34-22-16(6-5-7-19(22)37-2)17(25(27)34)10-13-33(27)26(36)28(29,30)31/h5-8,11,14H,9-10,12-13H2,1-4H3/t27-/m0/s1. The largest absolute Gasteiger partial charge is 0.495 e. The van der Waals surface area contributed by atoms with Gasteiger partial charge in [0.15, 0.2) is 11.5 Å². The topological polar surface area (TPSA) is 73.2 Å². The predicted molar refractivity (Wildman–Crippen MR) is 151 cm³/mol. The molecular formula is C28H26Cl3N3O5. The number of methoxy groups -OCH3 is 3. The third-order valence-corrected chi connectivity index (χ3v) is 8.52. The van der Waals surface area contributed by atoms with E-state index in [0.717, 1.165) is 35.2 Å². The number of anilines is 1. The van der Waals surface area contributed by atoms with Crippen molar-refractivity contribution >= 4 is 63.2 Å². The predicted octanol–water partition coefficient (Wildman–Crippen LogP) is 4.87. The Morgan fingerprint density at radius 2 is 1.77 bits per heavy atom. The van der Waals surface area contributed by atoms with Crippen LogP contribution in [0.3, 0.4) is 0 Å². The summed E-state index contributed by atoms with van der Waals surface area (Å²) in [5.74, 6) is 0.538. The molecule has 0 N–H and O–H groups in total. The first kappa shape index (κ1) is 26.2. The number of carbonyl (C=O) groups excluding carboxylic acids is 2. The zero-order chi connectivity index (χ0) is 27.9. The van der Waals surface area contributed by atoms with Crippen LogP contribution in [0.25, 0.3) is 10.9 Å². The van der Waals surface area contributed by atoms with Crippen molar-refractivity contribution in [3.8, 4) is 17.2 Å². The number of fused-ring (bicyclic) bond motifs is 4. The van der Waals surface area contributed by atoms with Crippen LogP contribution in [0, 0.1) is 0 Å². The quantitative estimate of drug-likeness (QED) is 0.404. The molecule has 0 aliphatic carbocycles. The summed E-state index contributed by atoms with van der Waals surface area (Å²) in [6, 6.07) is 7.67. The maximum absolute atomic E-state index is 13.9. The van der Waals surface area contributed by atoms with Crippen LogP contribution >= 0.6 is 34.8 Å². The Balaban J connectivity index is 1.80. The van der Waals surface area contributed by atoms with Crippen molar-refractivity contribution in [1.82, 2.24) is 9.47 Å². The van der Waals surface area contributed by atoms with Gasteiger partial charge in [0.05, 0.1) is 38.2 Å². The highest BCUT2D eigenvalue weighted by Gasteiger charge is 2.55. The van der Waals surface area contributed by atoms with Crippen LogP contribution in [0.4, 0.5) is 5.69 Å². The fourth-order valence-electron chi connectivity index (χ4n) is 6.52. The van der Waals surface area contributed by atoms with E-state index in [-0.39, 0.29) is 12.5 Å². The zero-order valence-electron chi connectivity index (χ0n) is 21.8. The van der Waals surface area contributed by atoms with Crippen molar-refractivity contribution in [2.75, 3.05) is 46.4 Å². The van der Waals surface area contributed by atoms with E-state index in [1.54, 1.807) is 32.0 Å². The van der Waals surface area contributed by atoms with Gasteiger partial charge in [-0.05, 0) is 42.2 Å². The van der Waals surface area contributed by atoms with Gasteiger partial charge >= 0.3 is 0 Å². The first-order valence-corrected chi connectivity index (χ1v) is 13.6. The number of hydrogen-bond donors (Lipinski definition) is 0. The molecular weight excluding hydrogens is 565 g/mol. The van der Waals surface area contributed by atoms with Crippen molar-refractivity contribution < 1.29 is 23.8 Å². The lowest BCUT2D eigenvalue weighted by molar-refractivity contribution is -0.134. The zero-order valence-corrected chi connectivity index (χ0v) is 24.1. The van der Waals surface area contributed by atoms with Gasteiger partial charge in [0.25, 0.3) is 15.6 Å². The molecule has 2 aromatic carbocycles. The molecule has 0 bridgehead atoms. The normalized spacial score (nSPS) is 19.8. The molecule has 0 radical (unpaired) electrons. The fraction of sp³-hybridized carbons (Fsp3) is 0.357. The van der Waals surface area contributed by atoms with Gasteiger partial charge in [-0.3, -0.25) is 14.2 Å². The number of ether oxygens (including phenoxy) is 3. The molecule has 3 aliphatic heterocycles. The number of aromatic nitrogens is 1. The molecule has 204 valence electrons. The first-order valence-electron chi connectivity index (χ1n) is 12.4. The minimum Gasteiger partial charge on any atom is -0.495 e. The van der Waals surface area contributed by atoms with E-state index in [2.05, 4.69) is 4.90 Å². The Bertz CT molecular complexity index is 1590. The highest BCUT2D eigenvalue weighted by molar-refractivity contribution is 6.76.